The highest BCUT2D eigenvalue weighted by Gasteiger charge is 2.28. The van der Waals surface area contributed by atoms with Gasteiger partial charge in [0.15, 0.2) is 5.82 Å². The molecule has 3 rings (SSSR count). The van der Waals surface area contributed by atoms with Crippen molar-refractivity contribution in [3.05, 3.63) is 42.2 Å². The maximum Gasteiger partial charge on any atom is 0.407 e. The van der Waals surface area contributed by atoms with E-state index in [2.05, 4.69) is 38.4 Å². The van der Waals surface area contributed by atoms with Crippen LogP contribution in [0.3, 0.4) is 0 Å². The van der Waals surface area contributed by atoms with Gasteiger partial charge >= 0.3 is 6.09 Å². The van der Waals surface area contributed by atoms with E-state index in [-0.39, 0.29) is 18.1 Å². The molecular formula is C22H34N6O3. The van der Waals surface area contributed by atoms with Gasteiger partial charge in [-0.25, -0.2) is 4.79 Å². The van der Waals surface area contributed by atoms with E-state index >= 15 is 0 Å². The normalized spacial score (nSPS) is 18.5. The van der Waals surface area contributed by atoms with Crippen molar-refractivity contribution in [2.75, 3.05) is 32.8 Å². The van der Waals surface area contributed by atoms with E-state index in [1.807, 2.05) is 37.6 Å². The molecule has 1 aliphatic rings. The Hall–Kier alpha value is -2.52. The Labute approximate surface area is 184 Å². The zero-order valence-corrected chi connectivity index (χ0v) is 19.0. The summed E-state index contributed by atoms with van der Waals surface area (Å²) in [7, 11) is 0. The number of pyridine rings is 1. The molecule has 3 heterocycles. The topological polar surface area (TPSA) is 94.4 Å². The minimum atomic E-state index is -0.518. The quantitative estimate of drug-likeness (QED) is 0.687. The minimum Gasteiger partial charge on any atom is -0.444 e. The minimum absolute atomic E-state index is 0.103. The van der Waals surface area contributed by atoms with E-state index < -0.39 is 5.60 Å². The molecule has 2 aromatic heterocycles. The molecule has 1 N–H and O–H groups in total. The summed E-state index contributed by atoms with van der Waals surface area (Å²) in [6, 6.07) is 4.01. The van der Waals surface area contributed by atoms with Gasteiger partial charge in [-0.3, -0.25) is 9.88 Å². The Kier molecular flexibility index (Phi) is 7.97. The number of ether oxygens (including phenoxy) is 2. The summed E-state index contributed by atoms with van der Waals surface area (Å²) in [6.45, 7) is 12.0. The average molecular weight is 431 g/mol. The van der Waals surface area contributed by atoms with Gasteiger partial charge in [0.2, 0.25) is 0 Å². The second-order valence-electron chi connectivity index (χ2n) is 8.91. The van der Waals surface area contributed by atoms with Crippen molar-refractivity contribution >= 4 is 6.09 Å². The molecule has 9 heteroatoms. The van der Waals surface area contributed by atoms with Crippen molar-refractivity contribution in [3.63, 3.8) is 0 Å². The predicted octanol–water partition coefficient (Wildman–Crippen LogP) is 2.45. The highest BCUT2D eigenvalue weighted by Crippen LogP contribution is 2.22. The van der Waals surface area contributed by atoms with Gasteiger partial charge in [-0.1, -0.05) is 6.07 Å². The van der Waals surface area contributed by atoms with Gasteiger partial charge < -0.3 is 19.4 Å². The van der Waals surface area contributed by atoms with Crippen LogP contribution in [-0.4, -0.2) is 69.1 Å². The fourth-order valence-corrected chi connectivity index (χ4v) is 3.74. The van der Waals surface area contributed by atoms with E-state index in [0.29, 0.717) is 13.2 Å². The van der Waals surface area contributed by atoms with Crippen molar-refractivity contribution in [1.82, 2.24) is 30.0 Å². The second kappa shape index (κ2) is 10.7. The number of rotatable bonds is 8. The summed E-state index contributed by atoms with van der Waals surface area (Å²) in [5, 5.41) is 11.2. The number of hydrogen-bond acceptors (Lipinski definition) is 7. The van der Waals surface area contributed by atoms with Crippen molar-refractivity contribution in [1.29, 1.82) is 0 Å². The van der Waals surface area contributed by atoms with E-state index in [1.54, 1.807) is 12.5 Å². The molecule has 0 saturated carbocycles. The van der Waals surface area contributed by atoms with Crippen molar-refractivity contribution in [2.45, 2.75) is 52.4 Å². The molecule has 1 amide bonds. The Morgan fingerprint density at radius 2 is 2.26 bits per heavy atom. The van der Waals surface area contributed by atoms with Crippen LogP contribution in [0.4, 0.5) is 4.79 Å². The van der Waals surface area contributed by atoms with Crippen LogP contribution in [-0.2, 0) is 22.4 Å². The molecule has 0 radical (unpaired) electrons. The number of aryl methyl sites for hydroxylation is 1. The van der Waals surface area contributed by atoms with Gasteiger partial charge in [0.05, 0.1) is 6.61 Å². The molecule has 170 valence electrons. The van der Waals surface area contributed by atoms with Crippen LogP contribution >= 0.6 is 0 Å². The number of hydrogen-bond donors (Lipinski definition) is 1. The van der Waals surface area contributed by atoms with Crippen LogP contribution in [0, 0.1) is 5.92 Å². The highest BCUT2D eigenvalue weighted by molar-refractivity contribution is 5.67. The third-order valence-electron chi connectivity index (χ3n) is 5.12. The summed E-state index contributed by atoms with van der Waals surface area (Å²) < 4.78 is 13.4. The number of amides is 1. The first-order valence-corrected chi connectivity index (χ1v) is 10.9. The summed E-state index contributed by atoms with van der Waals surface area (Å²) in [5.41, 5.74) is 0.629. The number of aromatic nitrogens is 4. The molecule has 0 bridgehead atoms. The zero-order chi connectivity index (χ0) is 22.3. The lowest BCUT2D eigenvalue weighted by atomic mass is 9.99. The zero-order valence-electron chi connectivity index (χ0n) is 19.0. The molecule has 31 heavy (non-hydrogen) atoms. The Morgan fingerprint density at radius 3 is 2.97 bits per heavy atom. The number of carbonyl (C=O) groups excluding carboxylic acids is 1. The number of nitrogens with zero attached hydrogens (tertiary/aromatic N) is 5. The summed E-state index contributed by atoms with van der Waals surface area (Å²) in [5.74, 6) is 1.07. The predicted molar refractivity (Wildman–Crippen MR) is 116 cm³/mol. The van der Waals surface area contributed by atoms with Crippen LogP contribution < -0.4 is 5.32 Å². The average Bonchev–Trinajstić information content (AvgIpc) is 3.21. The SMILES string of the molecule is CCn1cnnc1[C@@H]1CN(C[C@@H](CNC(=O)OC(C)(C)C)Cc2cccnc2)CCO1. The molecule has 2 aromatic rings. The molecule has 1 fully saturated rings. The smallest absolute Gasteiger partial charge is 0.407 e. The van der Waals surface area contributed by atoms with E-state index in [1.165, 1.54) is 0 Å². The number of nitrogens with one attached hydrogen (secondary N) is 1. The molecule has 0 aromatic carbocycles. The fourth-order valence-electron chi connectivity index (χ4n) is 3.74. The van der Waals surface area contributed by atoms with E-state index in [4.69, 9.17) is 9.47 Å². The first kappa shape index (κ1) is 23.1. The Morgan fingerprint density at radius 1 is 1.42 bits per heavy atom. The number of carbonyl (C=O) groups is 1. The number of morpholine rings is 1. The van der Waals surface area contributed by atoms with Gasteiger partial charge in [-0.05, 0) is 51.7 Å². The van der Waals surface area contributed by atoms with Crippen LogP contribution in [0.15, 0.2) is 30.9 Å². The van der Waals surface area contributed by atoms with Crippen molar-refractivity contribution < 1.29 is 14.3 Å². The van der Waals surface area contributed by atoms with Crippen LogP contribution in [0.2, 0.25) is 0 Å². The van der Waals surface area contributed by atoms with Crippen molar-refractivity contribution in [3.8, 4) is 0 Å². The molecule has 0 spiro atoms. The van der Waals surface area contributed by atoms with Gasteiger partial charge in [0.25, 0.3) is 0 Å². The largest absolute Gasteiger partial charge is 0.444 e. The third kappa shape index (κ3) is 7.29. The van der Waals surface area contributed by atoms with Gasteiger partial charge in [0.1, 0.15) is 18.0 Å². The molecule has 0 aliphatic carbocycles. The standard InChI is InChI=1S/C22H34N6O3/c1-5-28-16-25-26-20(28)19-15-27(9-10-30-19)14-18(11-17-7-6-8-23-12-17)13-24-21(29)31-22(2,3)4/h6-8,12,16,18-19H,5,9-11,13-15H2,1-4H3,(H,24,29)/t18-,19+/m1/s1. The first-order valence-electron chi connectivity index (χ1n) is 10.9. The first-order chi connectivity index (χ1) is 14.8. The maximum absolute atomic E-state index is 12.2. The Bertz CT molecular complexity index is 820. The molecule has 1 saturated heterocycles. The molecule has 9 nitrogen and oxygen atoms in total. The van der Waals surface area contributed by atoms with Crippen molar-refractivity contribution in [2.24, 2.45) is 5.92 Å². The summed E-state index contributed by atoms with van der Waals surface area (Å²) in [6.07, 6.45) is 5.72. The van der Waals surface area contributed by atoms with E-state index in [9.17, 15) is 4.79 Å². The lowest BCUT2D eigenvalue weighted by molar-refractivity contribution is -0.0403. The van der Waals surface area contributed by atoms with Crippen LogP contribution in [0.25, 0.3) is 0 Å². The summed E-state index contributed by atoms with van der Waals surface area (Å²) in [4.78, 5) is 18.8. The van der Waals surface area contributed by atoms with Gasteiger partial charge in [-0.2, -0.15) is 0 Å². The van der Waals surface area contributed by atoms with Crippen LogP contribution in [0.5, 0.6) is 0 Å². The number of alkyl carbamates (subject to hydrolysis) is 1. The maximum atomic E-state index is 12.2. The monoisotopic (exact) mass is 430 g/mol. The summed E-state index contributed by atoms with van der Waals surface area (Å²) >= 11 is 0. The second-order valence-corrected chi connectivity index (χ2v) is 8.91. The highest BCUT2D eigenvalue weighted by atomic mass is 16.6. The van der Waals surface area contributed by atoms with Crippen LogP contribution in [0.1, 0.15) is 45.2 Å². The third-order valence-corrected chi connectivity index (χ3v) is 5.12. The fraction of sp³-hybridized carbons (Fsp3) is 0.636. The molecule has 0 unspecified atom stereocenters. The van der Waals surface area contributed by atoms with E-state index in [0.717, 1.165) is 44.0 Å². The molecule has 1 aliphatic heterocycles. The Balaban J connectivity index is 1.63. The lowest BCUT2D eigenvalue weighted by Crippen LogP contribution is -2.44. The molecular weight excluding hydrogens is 396 g/mol. The van der Waals surface area contributed by atoms with Gasteiger partial charge in [0, 0.05) is 45.1 Å². The lowest BCUT2D eigenvalue weighted by Gasteiger charge is -2.35. The van der Waals surface area contributed by atoms with Gasteiger partial charge in [-0.15, -0.1) is 10.2 Å². The molecule has 2 atom stereocenters.